The van der Waals surface area contributed by atoms with Gasteiger partial charge >= 0.3 is 5.97 Å². The highest BCUT2D eigenvalue weighted by Gasteiger charge is 2.44. The number of ether oxygens (including phenoxy) is 1. The Hall–Kier alpha value is -4.32. The van der Waals surface area contributed by atoms with E-state index in [9.17, 15) is 24.0 Å². The van der Waals surface area contributed by atoms with E-state index in [2.05, 4.69) is 31.6 Å². The second kappa shape index (κ2) is 13.6. The van der Waals surface area contributed by atoms with Crippen molar-refractivity contribution in [2.24, 2.45) is 10.9 Å². The first-order valence-electron chi connectivity index (χ1n) is 16.0. The largest absolute Gasteiger partial charge is 0.456 e. The molecule has 3 fully saturated rings. The first kappa shape index (κ1) is 33.1. The number of esters is 1. The summed E-state index contributed by atoms with van der Waals surface area (Å²) in [7, 11) is 0. The van der Waals surface area contributed by atoms with Crippen LogP contribution in [0.5, 0.6) is 0 Å². The molecular formula is C34H44N6O6. The Kier molecular flexibility index (Phi) is 9.76. The molecule has 0 aliphatic carbocycles. The summed E-state index contributed by atoms with van der Waals surface area (Å²) in [4.78, 5) is 75.1. The summed E-state index contributed by atoms with van der Waals surface area (Å²) in [6.07, 6.45) is 5.35. The predicted molar refractivity (Wildman–Crippen MR) is 173 cm³/mol. The molecule has 46 heavy (non-hydrogen) atoms. The fourth-order valence-electron chi connectivity index (χ4n) is 6.42. The van der Waals surface area contributed by atoms with Crippen LogP contribution in [-0.2, 0) is 19.1 Å². The molecule has 1 N–H and O–H groups in total. The number of anilines is 1. The Morgan fingerprint density at radius 3 is 2.30 bits per heavy atom. The van der Waals surface area contributed by atoms with Gasteiger partial charge in [-0.15, -0.1) is 0 Å². The molecule has 5 rings (SSSR count). The maximum Gasteiger partial charge on any atom is 0.340 e. The van der Waals surface area contributed by atoms with Crippen LogP contribution in [0.2, 0.25) is 0 Å². The van der Waals surface area contributed by atoms with Gasteiger partial charge in [-0.05, 0) is 71.1 Å². The van der Waals surface area contributed by atoms with Gasteiger partial charge in [-0.25, -0.2) is 9.79 Å². The van der Waals surface area contributed by atoms with Crippen LogP contribution >= 0.6 is 0 Å². The highest BCUT2D eigenvalue weighted by molar-refractivity contribution is 6.23. The zero-order valence-electron chi connectivity index (χ0n) is 27.2. The number of likely N-dealkylation sites (tertiary alicyclic amines) is 1. The van der Waals surface area contributed by atoms with E-state index in [-0.39, 0.29) is 12.8 Å². The lowest BCUT2D eigenvalue weighted by atomic mass is 9.96. The topological polar surface area (TPSA) is 132 Å². The van der Waals surface area contributed by atoms with Crippen LogP contribution in [0.3, 0.4) is 0 Å². The fraction of sp³-hybridized carbons (Fsp3) is 0.529. The second-order valence-corrected chi connectivity index (χ2v) is 13.4. The number of piperazine rings is 1. The van der Waals surface area contributed by atoms with Crippen molar-refractivity contribution >= 4 is 41.1 Å². The molecule has 0 saturated carbocycles. The summed E-state index contributed by atoms with van der Waals surface area (Å²) in [6.45, 7) is 17.4. The Balaban J connectivity index is 1.10. The van der Waals surface area contributed by atoms with E-state index in [0.717, 1.165) is 75.1 Å². The van der Waals surface area contributed by atoms with E-state index < -0.39 is 41.2 Å². The molecule has 4 heterocycles. The van der Waals surface area contributed by atoms with Gasteiger partial charge in [0.25, 0.3) is 11.8 Å². The molecule has 4 aliphatic rings. The quantitative estimate of drug-likeness (QED) is 0.120. The van der Waals surface area contributed by atoms with Crippen LogP contribution in [0.4, 0.5) is 5.69 Å². The number of fused-ring (bicyclic) bond motifs is 1. The van der Waals surface area contributed by atoms with E-state index in [0.29, 0.717) is 22.6 Å². The van der Waals surface area contributed by atoms with Gasteiger partial charge in [0, 0.05) is 64.1 Å². The molecule has 1 aromatic carbocycles. The third-order valence-corrected chi connectivity index (χ3v) is 8.99. The van der Waals surface area contributed by atoms with Gasteiger partial charge in [-0.1, -0.05) is 12.7 Å². The molecule has 246 valence electrons. The number of nitrogens with zero attached hydrogens (tertiary/aromatic N) is 5. The highest BCUT2D eigenvalue weighted by Crippen LogP contribution is 2.31. The maximum atomic E-state index is 13.2. The lowest BCUT2D eigenvalue weighted by molar-refractivity contribution is -0.149. The number of carbonyl (C=O) groups is 5. The van der Waals surface area contributed by atoms with E-state index >= 15 is 0 Å². The van der Waals surface area contributed by atoms with Crippen LogP contribution in [0, 0.1) is 5.92 Å². The molecule has 1 unspecified atom stereocenters. The molecule has 12 heteroatoms. The van der Waals surface area contributed by atoms with Gasteiger partial charge < -0.3 is 14.5 Å². The Labute approximate surface area is 270 Å². The average molecular weight is 633 g/mol. The SMILES string of the molecule is C=C/C(=C\N=C(C)N1CCC(CN2CCN(c3ccc4c(c3)C(=O)N(C3CCC(=O)NC3=O)C4=O)CC2)CC1)C(=O)OC(C)(C)C. The van der Waals surface area contributed by atoms with Crippen molar-refractivity contribution in [3.63, 3.8) is 0 Å². The highest BCUT2D eigenvalue weighted by atomic mass is 16.6. The molecule has 4 amide bonds. The lowest BCUT2D eigenvalue weighted by Gasteiger charge is -2.40. The molecule has 1 atom stereocenters. The number of benzene rings is 1. The van der Waals surface area contributed by atoms with Gasteiger partial charge in [0.15, 0.2) is 0 Å². The van der Waals surface area contributed by atoms with Gasteiger partial charge in [0.2, 0.25) is 11.8 Å². The van der Waals surface area contributed by atoms with E-state index in [1.807, 2.05) is 33.8 Å². The van der Waals surface area contributed by atoms with Crippen molar-refractivity contribution in [1.29, 1.82) is 0 Å². The van der Waals surface area contributed by atoms with Crippen LogP contribution < -0.4 is 10.2 Å². The summed E-state index contributed by atoms with van der Waals surface area (Å²) in [6, 6.07) is 4.34. The van der Waals surface area contributed by atoms with Crippen molar-refractivity contribution < 1.29 is 28.7 Å². The Bertz CT molecular complexity index is 1480. The van der Waals surface area contributed by atoms with Crippen molar-refractivity contribution in [1.82, 2.24) is 20.0 Å². The van der Waals surface area contributed by atoms with Gasteiger partial charge in [0.05, 0.1) is 16.7 Å². The normalized spacial score (nSPS) is 22.3. The standard InChI is InChI=1S/C34H44N6O6/c1-6-24(33(45)46-34(3,4)5)20-35-22(2)38-13-11-23(12-14-38)21-37-15-17-39(18-16-37)25-7-8-26-27(19-25)32(44)40(31(26)43)28-9-10-29(41)36-30(28)42/h6-8,19-20,23,28H,1,9-18,21H2,2-5H3,(H,36,41,42)/b24-20+,35-22?. The van der Waals surface area contributed by atoms with Gasteiger partial charge in [-0.3, -0.25) is 34.3 Å². The zero-order chi connectivity index (χ0) is 33.2. The third kappa shape index (κ3) is 7.38. The summed E-state index contributed by atoms with van der Waals surface area (Å²) in [5.74, 6) is -0.958. The second-order valence-electron chi connectivity index (χ2n) is 13.4. The molecule has 12 nitrogen and oxygen atoms in total. The minimum absolute atomic E-state index is 0.0954. The number of amides is 4. The minimum Gasteiger partial charge on any atom is -0.456 e. The number of carbonyl (C=O) groups excluding carboxylic acids is 5. The summed E-state index contributed by atoms with van der Waals surface area (Å²) in [5.41, 5.74) is 1.23. The van der Waals surface area contributed by atoms with Crippen molar-refractivity contribution in [2.75, 3.05) is 50.7 Å². The number of imide groups is 2. The monoisotopic (exact) mass is 632 g/mol. The Morgan fingerprint density at radius 1 is 1.00 bits per heavy atom. The van der Waals surface area contributed by atoms with E-state index in [4.69, 9.17) is 4.74 Å². The van der Waals surface area contributed by atoms with Gasteiger partial charge in [-0.2, -0.15) is 0 Å². The van der Waals surface area contributed by atoms with Crippen molar-refractivity contribution in [3.8, 4) is 0 Å². The van der Waals surface area contributed by atoms with Crippen LogP contribution in [-0.4, -0.2) is 108 Å². The number of hydrogen-bond donors (Lipinski definition) is 1. The first-order valence-corrected chi connectivity index (χ1v) is 16.0. The van der Waals surface area contributed by atoms with Crippen LogP contribution in [0.25, 0.3) is 0 Å². The summed E-state index contributed by atoms with van der Waals surface area (Å²) < 4.78 is 5.43. The number of piperidine rings is 2. The first-order chi connectivity index (χ1) is 21.8. The molecule has 0 bridgehead atoms. The third-order valence-electron chi connectivity index (χ3n) is 8.99. The fourth-order valence-corrected chi connectivity index (χ4v) is 6.42. The van der Waals surface area contributed by atoms with E-state index in [1.165, 1.54) is 12.3 Å². The molecular weight excluding hydrogens is 588 g/mol. The predicted octanol–water partition coefficient (Wildman–Crippen LogP) is 2.75. The smallest absolute Gasteiger partial charge is 0.340 e. The lowest BCUT2D eigenvalue weighted by Crippen LogP contribution is -2.54. The Morgan fingerprint density at radius 2 is 1.67 bits per heavy atom. The molecule has 0 aromatic heterocycles. The average Bonchev–Trinajstić information content (AvgIpc) is 3.26. The summed E-state index contributed by atoms with van der Waals surface area (Å²) in [5, 5.41) is 2.23. The molecule has 0 spiro atoms. The molecule has 3 saturated heterocycles. The van der Waals surface area contributed by atoms with Gasteiger partial charge in [0.1, 0.15) is 17.5 Å². The van der Waals surface area contributed by atoms with Crippen molar-refractivity contribution in [2.45, 2.75) is 65.0 Å². The van der Waals surface area contributed by atoms with Crippen molar-refractivity contribution in [3.05, 3.63) is 53.8 Å². The number of nitrogens with one attached hydrogen (secondary N) is 1. The number of aliphatic imine (C=N–C) groups is 1. The minimum atomic E-state index is -0.966. The molecule has 0 radical (unpaired) electrons. The van der Waals surface area contributed by atoms with Crippen LogP contribution in [0.1, 0.15) is 74.1 Å². The van der Waals surface area contributed by atoms with Crippen LogP contribution in [0.15, 0.2) is 47.6 Å². The molecule has 1 aromatic rings. The number of hydrogen-bond acceptors (Lipinski definition) is 9. The summed E-state index contributed by atoms with van der Waals surface area (Å²) >= 11 is 0. The maximum absolute atomic E-state index is 13.2. The van der Waals surface area contributed by atoms with E-state index in [1.54, 1.807) is 12.1 Å². The number of amidine groups is 1. The molecule has 4 aliphatic heterocycles. The zero-order valence-corrected chi connectivity index (χ0v) is 27.2. The number of rotatable bonds is 7.